The van der Waals surface area contributed by atoms with Gasteiger partial charge in [0, 0.05) is 11.8 Å². The number of hydrogen-bond acceptors (Lipinski definition) is 2. The Morgan fingerprint density at radius 3 is 2.07 bits per heavy atom. The number of ketones is 2. The van der Waals surface area contributed by atoms with E-state index in [9.17, 15) is 9.59 Å². The molecule has 0 heterocycles. The van der Waals surface area contributed by atoms with Crippen LogP contribution in [0.5, 0.6) is 0 Å². The Morgan fingerprint density at radius 1 is 1.13 bits per heavy atom. The predicted molar refractivity (Wildman–Crippen MR) is 62.8 cm³/mol. The van der Waals surface area contributed by atoms with Crippen molar-refractivity contribution in [1.29, 1.82) is 0 Å². The topological polar surface area (TPSA) is 34.1 Å². The molecule has 0 aromatic rings. The molecule has 0 fully saturated rings. The first-order valence-corrected chi connectivity index (χ1v) is 5.93. The highest BCUT2D eigenvalue weighted by atomic mass is 16.2. The molecule has 88 valence electrons. The minimum atomic E-state index is -0.425. The summed E-state index contributed by atoms with van der Waals surface area (Å²) in [6.07, 6.45) is 3.18. The van der Waals surface area contributed by atoms with Gasteiger partial charge < -0.3 is 0 Å². The summed E-state index contributed by atoms with van der Waals surface area (Å²) in [4.78, 5) is 23.7. The summed E-state index contributed by atoms with van der Waals surface area (Å²) in [6.45, 7) is 9.65. The smallest absolute Gasteiger partial charge is 0.148 e. The molecule has 0 amide bonds. The van der Waals surface area contributed by atoms with E-state index >= 15 is 0 Å². The van der Waals surface area contributed by atoms with Crippen molar-refractivity contribution in [3.05, 3.63) is 0 Å². The SMILES string of the molecule is CCCC(=O)C(C)C(=O)C(C)(C)CCC. The van der Waals surface area contributed by atoms with Crippen molar-refractivity contribution in [2.24, 2.45) is 11.3 Å². The van der Waals surface area contributed by atoms with E-state index in [4.69, 9.17) is 0 Å². The van der Waals surface area contributed by atoms with E-state index in [-0.39, 0.29) is 17.0 Å². The summed E-state index contributed by atoms with van der Waals surface area (Å²) in [5, 5.41) is 0. The van der Waals surface area contributed by atoms with Gasteiger partial charge in [-0.05, 0) is 19.8 Å². The molecule has 0 aliphatic rings. The second kappa shape index (κ2) is 6.04. The first kappa shape index (κ1) is 14.3. The van der Waals surface area contributed by atoms with E-state index in [1.807, 2.05) is 20.8 Å². The lowest BCUT2D eigenvalue weighted by Crippen LogP contribution is -2.33. The number of carbonyl (C=O) groups excluding carboxylic acids is 2. The van der Waals surface area contributed by atoms with E-state index in [0.29, 0.717) is 6.42 Å². The first-order chi connectivity index (χ1) is 6.86. The Kier molecular flexibility index (Phi) is 5.77. The van der Waals surface area contributed by atoms with E-state index in [1.165, 1.54) is 0 Å². The third-order valence-corrected chi connectivity index (χ3v) is 2.91. The zero-order valence-electron chi connectivity index (χ0n) is 10.7. The van der Waals surface area contributed by atoms with Crippen LogP contribution in [0.1, 0.15) is 60.3 Å². The van der Waals surface area contributed by atoms with Gasteiger partial charge >= 0.3 is 0 Å². The van der Waals surface area contributed by atoms with Crippen LogP contribution in [-0.4, -0.2) is 11.6 Å². The van der Waals surface area contributed by atoms with Crippen molar-refractivity contribution in [3.63, 3.8) is 0 Å². The second-order valence-electron chi connectivity index (χ2n) is 4.94. The summed E-state index contributed by atoms with van der Waals surface area (Å²) in [7, 11) is 0. The fourth-order valence-electron chi connectivity index (χ4n) is 1.94. The summed E-state index contributed by atoms with van der Waals surface area (Å²) in [5.74, 6) is -0.235. The Balaban J connectivity index is 4.49. The van der Waals surface area contributed by atoms with Gasteiger partial charge in [-0.2, -0.15) is 0 Å². The molecule has 15 heavy (non-hydrogen) atoms. The van der Waals surface area contributed by atoms with Crippen LogP contribution in [0, 0.1) is 11.3 Å². The van der Waals surface area contributed by atoms with Gasteiger partial charge in [0.25, 0.3) is 0 Å². The zero-order chi connectivity index (χ0) is 12.1. The Hall–Kier alpha value is -0.660. The monoisotopic (exact) mass is 212 g/mol. The molecule has 0 N–H and O–H groups in total. The molecule has 0 radical (unpaired) electrons. The maximum absolute atomic E-state index is 12.1. The van der Waals surface area contributed by atoms with Crippen LogP contribution in [-0.2, 0) is 9.59 Å². The third-order valence-electron chi connectivity index (χ3n) is 2.91. The molecule has 0 aromatic carbocycles. The largest absolute Gasteiger partial charge is 0.299 e. The van der Waals surface area contributed by atoms with Crippen molar-refractivity contribution in [2.45, 2.75) is 60.3 Å². The van der Waals surface area contributed by atoms with Crippen molar-refractivity contribution >= 4 is 11.6 Å². The Labute approximate surface area is 93.4 Å². The maximum Gasteiger partial charge on any atom is 0.148 e. The second-order valence-corrected chi connectivity index (χ2v) is 4.94. The average Bonchev–Trinajstić information content (AvgIpc) is 2.15. The molecule has 2 heteroatoms. The molecule has 0 saturated heterocycles. The lowest BCUT2D eigenvalue weighted by molar-refractivity contribution is -0.137. The minimum absolute atomic E-state index is 0.0895. The quantitative estimate of drug-likeness (QED) is 0.606. The van der Waals surface area contributed by atoms with Crippen molar-refractivity contribution in [1.82, 2.24) is 0 Å². The van der Waals surface area contributed by atoms with E-state index in [1.54, 1.807) is 6.92 Å². The molecule has 0 aliphatic carbocycles. The molecule has 1 unspecified atom stereocenters. The molecular weight excluding hydrogens is 188 g/mol. The molecule has 0 aliphatic heterocycles. The van der Waals surface area contributed by atoms with Gasteiger partial charge in [-0.3, -0.25) is 9.59 Å². The molecule has 0 bridgehead atoms. The van der Waals surface area contributed by atoms with Crippen LogP contribution in [0.15, 0.2) is 0 Å². The van der Waals surface area contributed by atoms with E-state index in [0.717, 1.165) is 19.3 Å². The summed E-state index contributed by atoms with van der Waals surface area (Å²) >= 11 is 0. The number of Topliss-reactive ketones (excluding diaryl/α,β-unsaturated/α-hetero) is 2. The Morgan fingerprint density at radius 2 is 1.67 bits per heavy atom. The van der Waals surface area contributed by atoms with Crippen LogP contribution in [0.2, 0.25) is 0 Å². The number of rotatable bonds is 7. The fourth-order valence-corrected chi connectivity index (χ4v) is 1.94. The number of hydrogen-bond donors (Lipinski definition) is 0. The van der Waals surface area contributed by atoms with Gasteiger partial charge in [0.2, 0.25) is 0 Å². The standard InChI is InChI=1S/C13H24O2/c1-6-8-11(14)10(3)12(15)13(4,5)9-7-2/h10H,6-9H2,1-5H3. The van der Waals surface area contributed by atoms with E-state index in [2.05, 4.69) is 6.92 Å². The molecular formula is C13H24O2. The fraction of sp³-hybridized carbons (Fsp3) is 0.846. The van der Waals surface area contributed by atoms with Crippen LogP contribution in [0.4, 0.5) is 0 Å². The molecule has 0 rings (SSSR count). The molecule has 2 nitrogen and oxygen atoms in total. The summed E-state index contributed by atoms with van der Waals surface area (Å²) < 4.78 is 0. The minimum Gasteiger partial charge on any atom is -0.299 e. The van der Waals surface area contributed by atoms with Crippen LogP contribution >= 0.6 is 0 Å². The summed E-state index contributed by atoms with van der Waals surface area (Å²) in [6, 6.07) is 0. The van der Waals surface area contributed by atoms with Gasteiger partial charge in [-0.1, -0.05) is 34.1 Å². The Bertz CT molecular complexity index is 229. The van der Waals surface area contributed by atoms with Crippen molar-refractivity contribution in [3.8, 4) is 0 Å². The molecule has 0 saturated carbocycles. The molecule has 0 spiro atoms. The highest BCUT2D eigenvalue weighted by molar-refractivity contribution is 6.04. The molecule has 0 aromatic heterocycles. The number of carbonyl (C=O) groups is 2. The van der Waals surface area contributed by atoms with Gasteiger partial charge in [-0.15, -0.1) is 0 Å². The highest BCUT2D eigenvalue weighted by Gasteiger charge is 2.33. The lowest BCUT2D eigenvalue weighted by atomic mass is 9.77. The normalized spacial score (nSPS) is 13.7. The van der Waals surface area contributed by atoms with Crippen molar-refractivity contribution in [2.75, 3.05) is 0 Å². The van der Waals surface area contributed by atoms with Crippen LogP contribution in [0.25, 0.3) is 0 Å². The van der Waals surface area contributed by atoms with Gasteiger partial charge in [0.1, 0.15) is 11.6 Å². The van der Waals surface area contributed by atoms with E-state index < -0.39 is 5.92 Å². The van der Waals surface area contributed by atoms with Gasteiger partial charge in [0.05, 0.1) is 5.92 Å². The van der Waals surface area contributed by atoms with Gasteiger partial charge in [0.15, 0.2) is 0 Å². The van der Waals surface area contributed by atoms with Gasteiger partial charge in [-0.25, -0.2) is 0 Å². The maximum atomic E-state index is 12.1. The highest BCUT2D eigenvalue weighted by Crippen LogP contribution is 2.27. The predicted octanol–water partition coefficient (Wildman–Crippen LogP) is 3.39. The van der Waals surface area contributed by atoms with Crippen molar-refractivity contribution < 1.29 is 9.59 Å². The molecule has 1 atom stereocenters. The van der Waals surface area contributed by atoms with Crippen LogP contribution < -0.4 is 0 Å². The first-order valence-electron chi connectivity index (χ1n) is 5.93. The van der Waals surface area contributed by atoms with Crippen LogP contribution in [0.3, 0.4) is 0 Å². The third kappa shape index (κ3) is 4.15. The summed E-state index contributed by atoms with van der Waals surface area (Å²) in [5.41, 5.74) is -0.350. The lowest BCUT2D eigenvalue weighted by Gasteiger charge is -2.25. The average molecular weight is 212 g/mol. The zero-order valence-corrected chi connectivity index (χ0v) is 10.7.